The first kappa shape index (κ1) is 17.0. The smallest absolute Gasteiger partial charge is 0.272 e. The second kappa shape index (κ2) is 7.04. The predicted octanol–water partition coefficient (Wildman–Crippen LogP) is 3.89. The van der Waals surface area contributed by atoms with Gasteiger partial charge in [0.25, 0.3) is 5.91 Å². The zero-order valence-corrected chi connectivity index (χ0v) is 14.5. The van der Waals surface area contributed by atoms with Crippen molar-refractivity contribution in [3.8, 4) is 17.5 Å². The number of rotatable bonds is 5. The van der Waals surface area contributed by atoms with Crippen molar-refractivity contribution in [3.63, 3.8) is 0 Å². The first-order valence-corrected chi connectivity index (χ1v) is 8.77. The van der Waals surface area contributed by atoms with Crippen LogP contribution in [0.5, 0.6) is 0 Å². The van der Waals surface area contributed by atoms with E-state index in [1.165, 1.54) is 12.1 Å². The average molecular weight is 360 g/mol. The van der Waals surface area contributed by atoms with Gasteiger partial charge >= 0.3 is 0 Å². The van der Waals surface area contributed by atoms with Crippen molar-refractivity contribution in [3.05, 3.63) is 76.9 Å². The number of nitriles is 1. The van der Waals surface area contributed by atoms with Crippen LogP contribution in [0.3, 0.4) is 0 Å². The van der Waals surface area contributed by atoms with Crippen molar-refractivity contribution < 1.29 is 9.18 Å². The van der Waals surface area contributed by atoms with Crippen LogP contribution in [0.2, 0.25) is 0 Å². The number of nitrogens with one attached hydrogen (secondary N) is 2. The Balaban J connectivity index is 1.53. The van der Waals surface area contributed by atoms with Crippen molar-refractivity contribution in [2.75, 3.05) is 0 Å². The van der Waals surface area contributed by atoms with Crippen LogP contribution >= 0.6 is 0 Å². The van der Waals surface area contributed by atoms with Gasteiger partial charge in [0.05, 0.1) is 17.3 Å². The fraction of sp³-hybridized carbons (Fsp3) is 0.190. The quantitative estimate of drug-likeness (QED) is 0.724. The second-order valence-corrected chi connectivity index (χ2v) is 6.62. The first-order valence-electron chi connectivity index (χ1n) is 8.77. The van der Waals surface area contributed by atoms with E-state index in [1.54, 1.807) is 24.3 Å². The zero-order valence-electron chi connectivity index (χ0n) is 14.5. The monoisotopic (exact) mass is 360 g/mol. The standard InChI is InChI=1S/C21H17FN4O/c22-17-9-7-16(8-10-17)20-25-18(15-5-6-15)19(26-20)21(27)24-12-14-3-1-13(11-23)2-4-14/h1-4,7-10,15H,5-6,12H2,(H,24,27)(H,25,26). The highest BCUT2D eigenvalue weighted by Crippen LogP contribution is 2.41. The molecule has 0 atom stereocenters. The van der Waals surface area contributed by atoms with E-state index in [-0.39, 0.29) is 11.7 Å². The Labute approximate surface area is 155 Å². The summed E-state index contributed by atoms with van der Waals surface area (Å²) in [7, 11) is 0. The number of halogens is 1. The van der Waals surface area contributed by atoms with Gasteiger partial charge in [0, 0.05) is 18.0 Å². The number of aromatic nitrogens is 2. The summed E-state index contributed by atoms with van der Waals surface area (Å²) in [6.45, 7) is 0.355. The van der Waals surface area contributed by atoms with Gasteiger partial charge in [-0.15, -0.1) is 0 Å². The van der Waals surface area contributed by atoms with Crippen molar-refractivity contribution in [1.82, 2.24) is 15.3 Å². The van der Waals surface area contributed by atoms with E-state index in [9.17, 15) is 9.18 Å². The van der Waals surface area contributed by atoms with Crippen LogP contribution < -0.4 is 5.32 Å². The number of carbonyl (C=O) groups excluding carboxylic acids is 1. The van der Waals surface area contributed by atoms with Crippen LogP contribution in [0, 0.1) is 17.1 Å². The van der Waals surface area contributed by atoms with Crippen LogP contribution in [-0.2, 0) is 6.54 Å². The second-order valence-electron chi connectivity index (χ2n) is 6.62. The highest BCUT2D eigenvalue weighted by atomic mass is 19.1. The largest absolute Gasteiger partial charge is 0.347 e. The molecule has 1 aliphatic rings. The maximum Gasteiger partial charge on any atom is 0.272 e. The van der Waals surface area contributed by atoms with E-state index in [0.717, 1.165) is 29.7 Å². The molecule has 0 aliphatic heterocycles. The Bertz CT molecular complexity index is 1010. The molecule has 0 saturated heterocycles. The molecule has 1 saturated carbocycles. The van der Waals surface area contributed by atoms with Crippen LogP contribution in [0.4, 0.5) is 4.39 Å². The summed E-state index contributed by atoms with van der Waals surface area (Å²) in [4.78, 5) is 20.4. The third kappa shape index (κ3) is 3.72. The Morgan fingerprint density at radius 2 is 1.89 bits per heavy atom. The van der Waals surface area contributed by atoms with Crippen LogP contribution in [-0.4, -0.2) is 15.9 Å². The summed E-state index contributed by atoms with van der Waals surface area (Å²) in [5, 5.41) is 11.7. The summed E-state index contributed by atoms with van der Waals surface area (Å²) >= 11 is 0. The van der Waals surface area contributed by atoms with Gasteiger partial charge < -0.3 is 10.3 Å². The minimum atomic E-state index is -0.312. The number of aromatic amines is 1. The molecule has 0 spiro atoms. The normalized spacial score (nSPS) is 13.2. The molecule has 0 radical (unpaired) electrons. The molecule has 1 amide bonds. The van der Waals surface area contributed by atoms with Crippen molar-refractivity contribution in [2.45, 2.75) is 25.3 Å². The van der Waals surface area contributed by atoms with Crippen molar-refractivity contribution in [1.29, 1.82) is 5.26 Å². The molecule has 1 fully saturated rings. The summed E-state index contributed by atoms with van der Waals surface area (Å²) in [6.07, 6.45) is 2.06. The van der Waals surface area contributed by atoms with E-state index in [2.05, 4.69) is 21.4 Å². The Hall–Kier alpha value is -3.46. The minimum absolute atomic E-state index is 0.245. The van der Waals surface area contributed by atoms with Gasteiger partial charge in [0.2, 0.25) is 0 Å². The number of amides is 1. The molecule has 27 heavy (non-hydrogen) atoms. The van der Waals surface area contributed by atoms with E-state index in [4.69, 9.17) is 5.26 Å². The lowest BCUT2D eigenvalue weighted by Crippen LogP contribution is -2.24. The molecule has 5 nitrogen and oxygen atoms in total. The van der Waals surface area contributed by atoms with Crippen molar-refractivity contribution in [2.24, 2.45) is 0 Å². The number of carbonyl (C=O) groups is 1. The van der Waals surface area contributed by atoms with E-state index in [0.29, 0.717) is 29.5 Å². The fourth-order valence-electron chi connectivity index (χ4n) is 2.93. The molecule has 2 N–H and O–H groups in total. The number of nitrogens with zero attached hydrogens (tertiary/aromatic N) is 2. The van der Waals surface area contributed by atoms with E-state index in [1.807, 2.05) is 12.1 Å². The summed E-state index contributed by atoms with van der Waals surface area (Å²) in [5.41, 5.74) is 3.46. The van der Waals surface area contributed by atoms with E-state index >= 15 is 0 Å². The Morgan fingerprint density at radius 3 is 2.52 bits per heavy atom. The van der Waals surface area contributed by atoms with Gasteiger partial charge in [0.15, 0.2) is 0 Å². The molecular formula is C21H17FN4O. The lowest BCUT2D eigenvalue weighted by atomic mass is 10.1. The molecule has 2 aromatic carbocycles. The minimum Gasteiger partial charge on any atom is -0.347 e. The SMILES string of the molecule is N#Cc1ccc(CNC(=O)c2nc(-c3ccc(F)cc3)[nH]c2C2CC2)cc1. The zero-order chi connectivity index (χ0) is 18.8. The van der Waals surface area contributed by atoms with Gasteiger partial charge in [-0.05, 0) is 54.8 Å². The average Bonchev–Trinajstić information content (AvgIpc) is 3.45. The van der Waals surface area contributed by atoms with E-state index < -0.39 is 0 Å². The molecule has 1 aliphatic carbocycles. The van der Waals surface area contributed by atoms with Gasteiger partial charge in [-0.2, -0.15) is 5.26 Å². The number of hydrogen-bond donors (Lipinski definition) is 2. The lowest BCUT2D eigenvalue weighted by Gasteiger charge is -2.05. The summed E-state index contributed by atoms with van der Waals surface area (Å²) in [5.74, 6) is 0.335. The number of H-pyrrole nitrogens is 1. The molecule has 3 aromatic rings. The van der Waals surface area contributed by atoms with Gasteiger partial charge in [-0.1, -0.05) is 12.1 Å². The Morgan fingerprint density at radius 1 is 1.19 bits per heavy atom. The fourth-order valence-corrected chi connectivity index (χ4v) is 2.93. The van der Waals surface area contributed by atoms with Crippen molar-refractivity contribution >= 4 is 5.91 Å². The van der Waals surface area contributed by atoms with Crippen LogP contribution in [0.15, 0.2) is 48.5 Å². The number of hydrogen-bond acceptors (Lipinski definition) is 3. The van der Waals surface area contributed by atoms with Gasteiger partial charge in [-0.3, -0.25) is 4.79 Å². The summed E-state index contributed by atoms with van der Waals surface area (Å²) < 4.78 is 13.2. The predicted molar refractivity (Wildman–Crippen MR) is 98.3 cm³/mol. The highest BCUT2D eigenvalue weighted by Gasteiger charge is 2.31. The summed E-state index contributed by atoms with van der Waals surface area (Å²) in [6, 6.07) is 15.2. The molecule has 1 heterocycles. The lowest BCUT2D eigenvalue weighted by molar-refractivity contribution is 0.0945. The van der Waals surface area contributed by atoms with Gasteiger partial charge in [-0.25, -0.2) is 9.37 Å². The number of benzene rings is 2. The highest BCUT2D eigenvalue weighted by molar-refractivity contribution is 5.94. The van der Waals surface area contributed by atoms with Crippen LogP contribution in [0.25, 0.3) is 11.4 Å². The Kier molecular flexibility index (Phi) is 4.43. The molecular weight excluding hydrogens is 343 g/mol. The topological polar surface area (TPSA) is 81.6 Å². The maximum absolute atomic E-state index is 13.2. The number of imidazole rings is 1. The molecule has 1 aromatic heterocycles. The maximum atomic E-state index is 13.2. The molecule has 6 heteroatoms. The third-order valence-corrected chi connectivity index (χ3v) is 4.59. The first-order chi connectivity index (χ1) is 13.1. The van der Waals surface area contributed by atoms with Crippen LogP contribution in [0.1, 0.15) is 46.1 Å². The van der Waals surface area contributed by atoms with Gasteiger partial charge in [0.1, 0.15) is 17.3 Å². The molecule has 134 valence electrons. The molecule has 0 unspecified atom stereocenters. The third-order valence-electron chi connectivity index (χ3n) is 4.59. The molecule has 4 rings (SSSR count). The molecule has 0 bridgehead atoms.